The zero-order valence-corrected chi connectivity index (χ0v) is 14.1. The van der Waals surface area contributed by atoms with Gasteiger partial charge < -0.3 is 10.4 Å². The molecular formula is C20H18N2OS. The van der Waals surface area contributed by atoms with E-state index in [2.05, 4.69) is 41.7 Å². The second-order valence-electron chi connectivity index (χ2n) is 6.11. The summed E-state index contributed by atoms with van der Waals surface area (Å²) in [4.78, 5) is 2.46. The third-order valence-electron chi connectivity index (χ3n) is 4.68. The summed E-state index contributed by atoms with van der Waals surface area (Å²) in [6.07, 6.45) is 1.68. The molecule has 4 heteroatoms. The molecule has 1 unspecified atom stereocenters. The maximum absolute atomic E-state index is 9.31. The maximum Gasteiger partial charge on any atom is 0.0991 e. The lowest BCUT2D eigenvalue weighted by molar-refractivity contribution is 0.281. The average molecular weight is 334 g/mol. The van der Waals surface area contributed by atoms with Crippen LogP contribution >= 0.6 is 11.8 Å². The van der Waals surface area contributed by atoms with Gasteiger partial charge in [-0.3, -0.25) is 0 Å². The van der Waals surface area contributed by atoms with Gasteiger partial charge in [0.1, 0.15) is 0 Å². The van der Waals surface area contributed by atoms with Crippen molar-refractivity contribution in [3.8, 4) is 6.07 Å². The van der Waals surface area contributed by atoms with Crippen LogP contribution in [-0.4, -0.2) is 24.3 Å². The number of aliphatic hydroxyl groups is 1. The summed E-state index contributed by atoms with van der Waals surface area (Å²) in [5, 5.41) is 22.1. The third-order valence-corrected chi connectivity index (χ3v) is 5.83. The van der Waals surface area contributed by atoms with Crippen LogP contribution in [0.2, 0.25) is 0 Å². The zero-order valence-electron chi connectivity index (χ0n) is 13.2. The molecule has 4 rings (SSSR count). The average Bonchev–Trinajstić information content (AvgIpc) is 2.98. The van der Waals surface area contributed by atoms with Gasteiger partial charge in [-0.1, -0.05) is 30.0 Å². The summed E-state index contributed by atoms with van der Waals surface area (Å²) >= 11 is 1.78. The monoisotopic (exact) mass is 334 g/mol. The third kappa shape index (κ3) is 2.55. The Balaban J connectivity index is 1.93. The van der Waals surface area contributed by atoms with E-state index in [1.807, 2.05) is 12.1 Å². The number of benzene rings is 2. The lowest BCUT2D eigenvalue weighted by atomic mass is 9.90. The van der Waals surface area contributed by atoms with E-state index >= 15 is 0 Å². The minimum Gasteiger partial charge on any atom is -0.396 e. The van der Waals surface area contributed by atoms with E-state index in [1.54, 1.807) is 11.8 Å². The molecule has 120 valence electrons. The molecule has 0 aliphatic carbocycles. The number of nitrogens with zero attached hydrogens (tertiary/aromatic N) is 1. The van der Waals surface area contributed by atoms with Crippen LogP contribution in [0, 0.1) is 11.3 Å². The number of rotatable bonds is 3. The van der Waals surface area contributed by atoms with E-state index in [-0.39, 0.29) is 12.6 Å². The van der Waals surface area contributed by atoms with Crippen molar-refractivity contribution in [1.82, 2.24) is 5.32 Å². The summed E-state index contributed by atoms with van der Waals surface area (Å²) in [7, 11) is 0. The fourth-order valence-electron chi connectivity index (χ4n) is 3.59. The number of nitrogens with one attached hydrogen (secondary N) is 1. The van der Waals surface area contributed by atoms with Gasteiger partial charge in [-0.25, -0.2) is 0 Å². The van der Waals surface area contributed by atoms with Gasteiger partial charge in [0.15, 0.2) is 0 Å². The van der Waals surface area contributed by atoms with Crippen molar-refractivity contribution >= 4 is 22.9 Å². The van der Waals surface area contributed by atoms with Gasteiger partial charge in [-0.2, -0.15) is 5.26 Å². The van der Waals surface area contributed by atoms with Crippen LogP contribution in [0.4, 0.5) is 0 Å². The number of fused-ring (bicyclic) bond motifs is 4. The van der Waals surface area contributed by atoms with Crippen molar-refractivity contribution in [2.45, 2.75) is 28.7 Å². The number of hydrogen-bond donors (Lipinski definition) is 2. The summed E-state index contributed by atoms with van der Waals surface area (Å²) in [6, 6.07) is 17.0. The lowest BCUT2D eigenvalue weighted by Gasteiger charge is -2.17. The van der Waals surface area contributed by atoms with Crippen LogP contribution < -0.4 is 5.32 Å². The van der Waals surface area contributed by atoms with Crippen LogP contribution in [0.3, 0.4) is 0 Å². The van der Waals surface area contributed by atoms with Gasteiger partial charge >= 0.3 is 0 Å². The Hall–Kier alpha value is -2.06. The number of nitriles is 1. The van der Waals surface area contributed by atoms with E-state index < -0.39 is 0 Å². The number of hydrogen-bond acceptors (Lipinski definition) is 4. The topological polar surface area (TPSA) is 56.0 Å². The molecule has 2 aliphatic rings. The molecule has 2 aromatic carbocycles. The predicted molar refractivity (Wildman–Crippen MR) is 96.6 cm³/mol. The Kier molecular flexibility index (Phi) is 4.15. The Labute approximate surface area is 146 Å². The molecule has 0 radical (unpaired) electrons. The van der Waals surface area contributed by atoms with E-state index in [1.165, 1.54) is 26.5 Å². The van der Waals surface area contributed by atoms with Crippen molar-refractivity contribution < 1.29 is 5.11 Å². The SMILES string of the molecule is N#Cc1ccc2c(c1)C1=C(CNC1CCCO)c1ccccc1S2. The van der Waals surface area contributed by atoms with E-state index in [9.17, 15) is 10.4 Å². The van der Waals surface area contributed by atoms with Crippen molar-refractivity contribution in [2.75, 3.05) is 13.2 Å². The highest BCUT2D eigenvalue weighted by molar-refractivity contribution is 7.99. The summed E-state index contributed by atoms with van der Waals surface area (Å²) in [6.45, 7) is 1.04. The first-order valence-electron chi connectivity index (χ1n) is 8.21. The molecular weight excluding hydrogens is 316 g/mol. The maximum atomic E-state index is 9.31. The largest absolute Gasteiger partial charge is 0.396 e. The standard InChI is InChI=1S/C20H18N2OS/c21-11-13-7-8-19-15(10-13)20-16(12-22-17(20)5-3-9-23)14-4-1-2-6-18(14)24-19/h1-2,4,6-8,10,17,22-23H,3,5,9,12H2. The molecule has 1 atom stereocenters. The smallest absolute Gasteiger partial charge is 0.0991 e. The number of aliphatic hydroxyl groups excluding tert-OH is 1. The highest BCUT2D eigenvalue weighted by Crippen LogP contribution is 2.47. The Morgan fingerprint density at radius 1 is 1.17 bits per heavy atom. The molecule has 0 saturated carbocycles. The molecule has 2 N–H and O–H groups in total. The minimum absolute atomic E-state index is 0.206. The first kappa shape index (κ1) is 15.5. The van der Waals surface area contributed by atoms with Crippen molar-refractivity contribution in [1.29, 1.82) is 5.26 Å². The fraction of sp³-hybridized carbons (Fsp3) is 0.250. The van der Waals surface area contributed by atoms with E-state index in [0.717, 1.165) is 24.9 Å². The molecule has 0 saturated heterocycles. The molecule has 0 amide bonds. The molecule has 0 aromatic heterocycles. The van der Waals surface area contributed by atoms with Gasteiger partial charge in [0.25, 0.3) is 0 Å². The molecule has 0 spiro atoms. The van der Waals surface area contributed by atoms with Gasteiger partial charge in [-0.05, 0) is 59.4 Å². The van der Waals surface area contributed by atoms with Gasteiger partial charge in [0.05, 0.1) is 11.6 Å². The Morgan fingerprint density at radius 2 is 2.00 bits per heavy atom. The molecule has 3 nitrogen and oxygen atoms in total. The fourth-order valence-corrected chi connectivity index (χ4v) is 4.69. The first-order chi connectivity index (χ1) is 11.8. The molecule has 2 heterocycles. The molecule has 2 aromatic rings. The second-order valence-corrected chi connectivity index (χ2v) is 7.20. The van der Waals surface area contributed by atoms with Crippen LogP contribution in [0.1, 0.15) is 29.5 Å². The second kappa shape index (κ2) is 6.45. The quantitative estimate of drug-likeness (QED) is 0.899. The molecule has 24 heavy (non-hydrogen) atoms. The van der Waals surface area contributed by atoms with Crippen LogP contribution in [-0.2, 0) is 0 Å². The van der Waals surface area contributed by atoms with Gasteiger partial charge in [-0.15, -0.1) is 0 Å². The van der Waals surface area contributed by atoms with Crippen LogP contribution in [0.15, 0.2) is 52.3 Å². The zero-order chi connectivity index (χ0) is 16.5. The van der Waals surface area contributed by atoms with E-state index in [0.29, 0.717) is 5.56 Å². The summed E-state index contributed by atoms with van der Waals surface area (Å²) < 4.78 is 0. The van der Waals surface area contributed by atoms with Crippen LogP contribution in [0.5, 0.6) is 0 Å². The minimum atomic E-state index is 0.206. The summed E-state index contributed by atoms with van der Waals surface area (Å²) in [5.74, 6) is 0. The van der Waals surface area contributed by atoms with Crippen LogP contribution in [0.25, 0.3) is 11.1 Å². The van der Waals surface area contributed by atoms with Crippen molar-refractivity contribution in [3.63, 3.8) is 0 Å². The molecule has 0 fully saturated rings. The normalized spacial score (nSPS) is 18.4. The van der Waals surface area contributed by atoms with Gasteiger partial charge in [0.2, 0.25) is 0 Å². The van der Waals surface area contributed by atoms with Crippen molar-refractivity contribution in [3.05, 3.63) is 59.2 Å². The lowest BCUT2D eigenvalue weighted by Crippen LogP contribution is -2.25. The highest BCUT2D eigenvalue weighted by atomic mass is 32.2. The van der Waals surface area contributed by atoms with Gasteiger partial charge in [0, 0.05) is 29.0 Å². The summed E-state index contributed by atoms with van der Waals surface area (Å²) in [5.41, 5.74) is 5.77. The Bertz CT molecular complexity index is 866. The molecule has 0 bridgehead atoms. The molecule has 2 aliphatic heterocycles. The Morgan fingerprint density at radius 3 is 2.83 bits per heavy atom. The predicted octanol–water partition coefficient (Wildman–Crippen LogP) is 3.68. The van der Waals surface area contributed by atoms with E-state index in [4.69, 9.17) is 0 Å². The highest BCUT2D eigenvalue weighted by Gasteiger charge is 2.31. The first-order valence-corrected chi connectivity index (χ1v) is 9.02. The van der Waals surface area contributed by atoms with Crippen molar-refractivity contribution in [2.24, 2.45) is 0 Å².